The van der Waals surface area contributed by atoms with Gasteiger partial charge >= 0.3 is 0 Å². The van der Waals surface area contributed by atoms with Crippen LogP contribution in [0.4, 0.5) is 0 Å². The Morgan fingerprint density at radius 2 is 2.00 bits per heavy atom. The second-order valence-electron chi connectivity index (χ2n) is 5.73. The van der Waals surface area contributed by atoms with Crippen LogP contribution in [0.2, 0.25) is 0 Å². The maximum atomic E-state index is 5.91. The summed E-state index contributed by atoms with van der Waals surface area (Å²) in [7, 11) is 0. The highest BCUT2D eigenvalue weighted by Crippen LogP contribution is 2.33. The van der Waals surface area contributed by atoms with Gasteiger partial charge in [0.25, 0.3) is 0 Å². The average molecular weight is 294 g/mol. The first-order valence-electron chi connectivity index (χ1n) is 7.86. The third-order valence-corrected chi connectivity index (χ3v) is 4.14. The number of ether oxygens (including phenoxy) is 2. The van der Waals surface area contributed by atoms with Crippen molar-refractivity contribution in [3.63, 3.8) is 0 Å². The Balaban J connectivity index is 1.66. The summed E-state index contributed by atoms with van der Waals surface area (Å²) in [5, 5.41) is 0. The minimum absolute atomic E-state index is 0.150. The minimum atomic E-state index is 0.150. The second-order valence-corrected chi connectivity index (χ2v) is 5.73. The van der Waals surface area contributed by atoms with Gasteiger partial charge in [-0.1, -0.05) is 48.5 Å². The quantitative estimate of drug-likeness (QED) is 0.729. The van der Waals surface area contributed by atoms with Crippen molar-refractivity contribution >= 4 is 0 Å². The number of hydrogen-bond acceptors (Lipinski definition) is 2. The van der Waals surface area contributed by atoms with E-state index >= 15 is 0 Å². The highest BCUT2D eigenvalue weighted by Gasteiger charge is 2.22. The monoisotopic (exact) mass is 294 g/mol. The van der Waals surface area contributed by atoms with Gasteiger partial charge in [-0.15, -0.1) is 6.58 Å². The summed E-state index contributed by atoms with van der Waals surface area (Å²) in [4.78, 5) is 0. The summed E-state index contributed by atoms with van der Waals surface area (Å²) in [6.07, 6.45) is 4.28. The van der Waals surface area contributed by atoms with Gasteiger partial charge in [-0.05, 0) is 42.0 Å². The molecule has 22 heavy (non-hydrogen) atoms. The van der Waals surface area contributed by atoms with E-state index in [0.29, 0.717) is 12.5 Å². The van der Waals surface area contributed by atoms with Crippen LogP contribution in [0.5, 0.6) is 5.75 Å². The molecule has 0 aromatic heterocycles. The summed E-state index contributed by atoms with van der Waals surface area (Å²) in [5.41, 5.74) is 2.37. The Morgan fingerprint density at radius 1 is 1.14 bits per heavy atom. The molecule has 2 atom stereocenters. The Bertz CT molecular complexity index is 606. The summed E-state index contributed by atoms with van der Waals surface area (Å²) in [6.45, 7) is 5.30. The Hall–Kier alpha value is -2.06. The lowest BCUT2D eigenvalue weighted by Gasteiger charge is -2.28. The van der Waals surface area contributed by atoms with Crippen molar-refractivity contribution in [2.75, 3.05) is 6.61 Å². The third kappa shape index (κ3) is 3.77. The van der Waals surface area contributed by atoms with Gasteiger partial charge in [0.15, 0.2) is 0 Å². The van der Waals surface area contributed by atoms with Crippen LogP contribution >= 0.6 is 0 Å². The zero-order valence-electron chi connectivity index (χ0n) is 12.8. The molecular weight excluding hydrogens is 272 g/mol. The molecule has 2 aromatic rings. The summed E-state index contributed by atoms with van der Waals surface area (Å²) < 4.78 is 11.8. The first kappa shape index (κ1) is 14.9. The van der Waals surface area contributed by atoms with Gasteiger partial charge in [0, 0.05) is 6.61 Å². The Kier molecular flexibility index (Phi) is 4.92. The molecule has 0 radical (unpaired) electrons. The average Bonchev–Trinajstić information content (AvgIpc) is 2.61. The Morgan fingerprint density at radius 3 is 2.82 bits per heavy atom. The van der Waals surface area contributed by atoms with Gasteiger partial charge in [-0.3, -0.25) is 0 Å². The standard InChI is InChI=1S/C20H22O2/c1-2-16-11-12-21-20(13-16)18-9-6-10-19(14-18)22-15-17-7-4-3-5-8-17/h2-10,14,16,20H,1,11-13,15H2. The van der Waals surface area contributed by atoms with E-state index in [-0.39, 0.29) is 6.10 Å². The summed E-state index contributed by atoms with van der Waals surface area (Å²) in [6, 6.07) is 18.5. The molecule has 0 aliphatic carbocycles. The molecule has 2 unspecified atom stereocenters. The number of rotatable bonds is 5. The van der Waals surface area contributed by atoms with E-state index in [2.05, 4.69) is 30.8 Å². The third-order valence-electron chi connectivity index (χ3n) is 4.14. The molecule has 0 bridgehead atoms. The van der Waals surface area contributed by atoms with Crippen molar-refractivity contribution in [1.82, 2.24) is 0 Å². The van der Waals surface area contributed by atoms with Crippen molar-refractivity contribution in [3.8, 4) is 5.75 Å². The fraction of sp³-hybridized carbons (Fsp3) is 0.300. The SMILES string of the molecule is C=CC1CCOC(c2cccc(OCc3ccccc3)c2)C1. The van der Waals surface area contributed by atoms with Crippen LogP contribution in [0.3, 0.4) is 0 Å². The summed E-state index contributed by atoms with van der Waals surface area (Å²) in [5.74, 6) is 1.44. The maximum absolute atomic E-state index is 5.91. The lowest BCUT2D eigenvalue weighted by Crippen LogP contribution is -2.18. The smallest absolute Gasteiger partial charge is 0.120 e. The van der Waals surface area contributed by atoms with Crippen LogP contribution in [0.1, 0.15) is 30.1 Å². The number of allylic oxidation sites excluding steroid dienone is 1. The molecule has 2 aromatic carbocycles. The van der Waals surface area contributed by atoms with E-state index in [1.165, 1.54) is 11.1 Å². The molecule has 0 saturated carbocycles. The maximum Gasteiger partial charge on any atom is 0.120 e. The van der Waals surface area contributed by atoms with E-state index in [0.717, 1.165) is 25.2 Å². The lowest BCUT2D eigenvalue weighted by atomic mass is 9.92. The topological polar surface area (TPSA) is 18.5 Å². The first-order chi connectivity index (χ1) is 10.8. The molecule has 1 aliphatic heterocycles. The van der Waals surface area contributed by atoms with Crippen LogP contribution in [0, 0.1) is 5.92 Å². The Labute approximate surface area is 132 Å². The van der Waals surface area contributed by atoms with Crippen molar-refractivity contribution in [3.05, 3.63) is 78.4 Å². The fourth-order valence-electron chi connectivity index (χ4n) is 2.81. The van der Waals surface area contributed by atoms with Gasteiger partial charge in [0.05, 0.1) is 6.10 Å². The molecule has 2 nitrogen and oxygen atoms in total. The highest BCUT2D eigenvalue weighted by atomic mass is 16.5. The van der Waals surface area contributed by atoms with Crippen molar-refractivity contribution < 1.29 is 9.47 Å². The first-order valence-corrected chi connectivity index (χ1v) is 7.86. The molecule has 114 valence electrons. The molecule has 0 spiro atoms. The van der Waals surface area contributed by atoms with E-state index in [1.807, 2.05) is 36.4 Å². The van der Waals surface area contributed by atoms with Gasteiger partial charge in [-0.2, -0.15) is 0 Å². The van der Waals surface area contributed by atoms with Crippen LogP contribution in [-0.4, -0.2) is 6.61 Å². The van der Waals surface area contributed by atoms with Crippen LogP contribution in [0.15, 0.2) is 67.3 Å². The number of benzene rings is 2. The molecule has 3 rings (SSSR count). The highest BCUT2D eigenvalue weighted by molar-refractivity contribution is 5.30. The molecule has 1 heterocycles. The number of hydrogen-bond donors (Lipinski definition) is 0. The van der Waals surface area contributed by atoms with Gasteiger partial charge in [-0.25, -0.2) is 0 Å². The molecule has 0 N–H and O–H groups in total. The van der Waals surface area contributed by atoms with Crippen LogP contribution < -0.4 is 4.74 Å². The van der Waals surface area contributed by atoms with Crippen molar-refractivity contribution in [2.45, 2.75) is 25.6 Å². The predicted molar refractivity (Wildman–Crippen MR) is 88.8 cm³/mol. The normalized spacial score (nSPS) is 21.3. The fourth-order valence-corrected chi connectivity index (χ4v) is 2.81. The lowest BCUT2D eigenvalue weighted by molar-refractivity contribution is -0.000755. The van der Waals surface area contributed by atoms with E-state index in [4.69, 9.17) is 9.47 Å². The molecule has 1 aliphatic rings. The largest absolute Gasteiger partial charge is 0.489 e. The van der Waals surface area contributed by atoms with Crippen LogP contribution in [0.25, 0.3) is 0 Å². The van der Waals surface area contributed by atoms with Gasteiger partial charge < -0.3 is 9.47 Å². The van der Waals surface area contributed by atoms with Crippen LogP contribution in [-0.2, 0) is 11.3 Å². The molecule has 1 saturated heterocycles. The zero-order chi connectivity index (χ0) is 15.2. The van der Waals surface area contributed by atoms with Crippen molar-refractivity contribution in [2.24, 2.45) is 5.92 Å². The minimum Gasteiger partial charge on any atom is -0.489 e. The zero-order valence-corrected chi connectivity index (χ0v) is 12.8. The molecular formula is C20H22O2. The van der Waals surface area contributed by atoms with E-state index in [9.17, 15) is 0 Å². The predicted octanol–water partition coefficient (Wildman–Crippen LogP) is 4.92. The van der Waals surface area contributed by atoms with Crippen molar-refractivity contribution in [1.29, 1.82) is 0 Å². The second kappa shape index (κ2) is 7.28. The van der Waals surface area contributed by atoms with E-state index in [1.54, 1.807) is 0 Å². The van der Waals surface area contributed by atoms with Gasteiger partial charge in [0.1, 0.15) is 12.4 Å². The van der Waals surface area contributed by atoms with Gasteiger partial charge in [0.2, 0.25) is 0 Å². The molecule has 2 heteroatoms. The molecule has 1 fully saturated rings. The molecule has 0 amide bonds. The summed E-state index contributed by atoms with van der Waals surface area (Å²) >= 11 is 0. The van der Waals surface area contributed by atoms with E-state index < -0.39 is 0 Å².